The summed E-state index contributed by atoms with van der Waals surface area (Å²) in [6.07, 6.45) is 0. The Kier molecular flexibility index (Phi) is 5.86. The van der Waals surface area contributed by atoms with Gasteiger partial charge in [0.15, 0.2) is 0 Å². The third kappa shape index (κ3) is 3.82. The van der Waals surface area contributed by atoms with Crippen LogP contribution in [0.1, 0.15) is 22.3 Å². The van der Waals surface area contributed by atoms with Crippen LogP contribution >= 0.6 is 11.3 Å². The Labute approximate surface area is 249 Å². The van der Waals surface area contributed by atoms with Gasteiger partial charge in [0.25, 0.3) is 11.4 Å². The monoisotopic (exact) mass is 572 g/mol. The molecule has 0 saturated carbocycles. The van der Waals surface area contributed by atoms with E-state index in [0.717, 1.165) is 43.1 Å². The number of thiophene rings is 1. The van der Waals surface area contributed by atoms with E-state index < -0.39 is 0 Å². The Hall–Kier alpha value is -6.12. The lowest BCUT2D eigenvalue weighted by molar-refractivity contribution is 0.627. The lowest BCUT2D eigenvalue weighted by Gasteiger charge is -2.10. The van der Waals surface area contributed by atoms with Crippen molar-refractivity contribution >= 4 is 22.5 Å². The number of benzene rings is 4. The molecule has 0 bridgehead atoms. The predicted molar refractivity (Wildman–Crippen MR) is 162 cm³/mol. The molecule has 43 heavy (non-hydrogen) atoms. The standard InChI is InChI=1S/C36H14F2N4S/c1-41-29(17-39)31-27-15-21(19-3-9-23(37)10-4-19)7-13-25(27)35-33(31)34-32(30(18-40)42-2)28-16-22(8-14-26(28)36(34)43-35)20-5-11-24(38)12-6-20/h3-16H/b31-29-,32-30+. The number of allylic oxidation sites excluding steroid dienone is 2. The van der Waals surface area contributed by atoms with Crippen LogP contribution in [-0.4, -0.2) is 0 Å². The molecule has 0 unspecified atom stereocenters. The van der Waals surface area contributed by atoms with Gasteiger partial charge < -0.3 is 0 Å². The Morgan fingerprint density at radius 3 is 1.28 bits per heavy atom. The molecule has 0 radical (unpaired) electrons. The van der Waals surface area contributed by atoms with E-state index in [1.165, 1.54) is 35.6 Å². The summed E-state index contributed by atoms with van der Waals surface area (Å²) in [5.74, 6) is -0.699. The van der Waals surface area contributed by atoms with Crippen LogP contribution in [-0.2, 0) is 0 Å². The van der Waals surface area contributed by atoms with Gasteiger partial charge in [0.1, 0.15) is 11.6 Å². The first kappa shape index (κ1) is 25.8. The van der Waals surface area contributed by atoms with E-state index in [1.807, 2.05) is 36.4 Å². The van der Waals surface area contributed by atoms with Crippen LogP contribution in [0.3, 0.4) is 0 Å². The van der Waals surface area contributed by atoms with Crippen LogP contribution in [0.2, 0.25) is 0 Å². The van der Waals surface area contributed by atoms with Crippen LogP contribution < -0.4 is 0 Å². The van der Waals surface area contributed by atoms with Gasteiger partial charge in [0.05, 0.1) is 25.3 Å². The molecule has 4 nitrogen and oxygen atoms in total. The summed E-state index contributed by atoms with van der Waals surface area (Å²) in [5.41, 5.74) is 8.27. The Bertz CT molecular complexity index is 2090. The van der Waals surface area contributed by atoms with Crippen molar-refractivity contribution in [1.29, 1.82) is 10.5 Å². The van der Waals surface area contributed by atoms with Gasteiger partial charge in [-0.1, -0.05) is 48.5 Å². The average molecular weight is 573 g/mol. The second-order valence-corrected chi connectivity index (χ2v) is 11.0. The number of hydrogen-bond acceptors (Lipinski definition) is 3. The van der Waals surface area contributed by atoms with Crippen molar-refractivity contribution in [2.24, 2.45) is 0 Å². The fourth-order valence-corrected chi connectivity index (χ4v) is 7.26. The van der Waals surface area contributed by atoms with Crippen molar-refractivity contribution in [2.45, 2.75) is 0 Å². The second kappa shape index (κ2) is 9.76. The molecule has 0 fully saturated rings. The summed E-state index contributed by atoms with van der Waals surface area (Å²) < 4.78 is 27.2. The minimum absolute atomic E-state index is 0.0968. The van der Waals surface area contributed by atoms with E-state index in [2.05, 4.69) is 21.8 Å². The first-order valence-electron chi connectivity index (χ1n) is 13.0. The highest BCUT2D eigenvalue weighted by atomic mass is 32.1. The zero-order chi connectivity index (χ0) is 29.8. The van der Waals surface area contributed by atoms with Crippen LogP contribution in [0.5, 0.6) is 0 Å². The topological polar surface area (TPSA) is 56.3 Å². The smallest absolute Gasteiger partial charge is 0.226 e. The summed E-state index contributed by atoms with van der Waals surface area (Å²) in [6.45, 7) is 15.7. The molecule has 0 atom stereocenters. The third-order valence-corrected chi connectivity index (χ3v) is 9.00. The molecule has 7 rings (SSSR count). The summed E-state index contributed by atoms with van der Waals surface area (Å²) >= 11 is 1.50. The first-order chi connectivity index (χ1) is 21.0. The lowest BCUT2D eigenvalue weighted by Crippen LogP contribution is -1.93. The Balaban J connectivity index is 1.50. The Morgan fingerprint density at radius 1 is 0.558 bits per heavy atom. The number of nitriles is 2. The Morgan fingerprint density at radius 2 is 0.930 bits per heavy atom. The van der Waals surface area contributed by atoms with Gasteiger partial charge in [-0.05, 0) is 92.0 Å². The van der Waals surface area contributed by atoms with Crippen LogP contribution in [0.25, 0.3) is 64.0 Å². The fraction of sp³-hybridized carbons (Fsp3) is 0. The molecular weight excluding hydrogens is 558 g/mol. The average Bonchev–Trinajstić information content (AvgIpc) is 3.66. The number of halogens is 2. The molecule has 0 saturated heterocycles. The van der Waals surface area contributed by atoms with E-state index in [-0.39, 0.29) is 23.0 Å². The summed E-state index contributed by atoms with van der Waals surface area (Å²) in [5, 5.41) is 20.1. The molecule has 198 valence electrons. The van der Waals surface area contributed by atoms with E-state index in [4.69, 9.17) is 13.1 Å². The molecule has 0 aliphatic heterocycles. The van der Waals surface area contributed by atoms with Gasteiger partial charge in [-0.2, -0.15) is 0 Å². The summed E-state index contributed by atoms with van der Waals surface area (Å²) in [7, 11) is 0. The van der Waals surface area contributed by atoms with Gasteiger partial charge in [0, 0.05) is 20.9 Å². The SMILES string of the molecule is [C-]#[N+]/C(C#N)=C1/c2cc(-c3ccc(F)cc3)ccc2-c2sc3c(c21)/C(=C(\C#N)[N+]#[C-])c1cc(-c2ccc(F)cc2)ccc1-3. The minimum atomic E-state index is -0.349. The van der Waals surface area contributed by atoms with Crippen molar-refractivity contribution in [2.75, 3.05) is 0 Å². The van der Waals surface area contributed by atoms with Crippen LogP contribution in [0.15, 0.2) is 96.3 Å². The molecular formula is C36H14F2N4S. The molecule has 1 heterocycles. The molecule has 4 aromatic carbocycles. The van der Waals surface area contributed by atoms with E-state index >= 15 is 0 Å². The van der Waals surface area contributed by atoms with Crippen molar-refractivity contribution < 1.29 is 8.78 Å². The van der Waals surface area contributed by atoms with Gasteiger partial charge in [-0.3, -0.25) is 0 Å². The van der Waals surface area contributed by atoms with Crippen molar-refractivity contribution in [3.8, 4) is 55.3 Å². The van der Waals surface area contributed by atoms with E-state index in [9.17, 15) is 19.3 Å². The highest BCUT2D eigenvalue weighted by Gasteiger charge is 2.39. The third-order valence-electron chi connectivity index (χ3n) is 7.74. The van der Waals surface area contributed by atoms with Gasteiger partial charge in [-0.15, -0.1) is 11.3 Å². The minimum Gasteiger partial charge on any atom is -0.226 e. The second-order valence-electron chi connectivity index (χ2n) is 9.94. The molecule has 0 spiro atoms. The maximum absolute atomic E-state index is 13.6. The zero-order valence-corrected chi connectivity index (χ0v) is 22.9. The zero-order valence-electron chi connectivity index (χ0n) is 22.0. The van der Waals surface area contributed by atoms with Gasteiger partial charge in [-0.25, -0.2) is 29.0 Å². The molecule has 2 aliphatic rings. The number of rotatable bonds is 2. The number of hydrogen-bond donors (Lipinski definition) is 0. The molecule has 7 heteroatoms. The quantitative estimate of drug-likeness (QED) is 0.153. The van der Waals surface area contributed by atoms with Crippen LogP contribution in [0, 0.1) is 47.4 Å². The first-order valence-corrected chi connectivity index (χ1v) is 13.8. The van der Waals surface area contributed by atoms with E-state index in [1.54, 1.807) is 24.3 Å². The van der Waals surface area contributed by atoms with E-state index in [0.29, 0.717) is 33.4 Å². The van der Waals surface area contributed by atoms with Crippen molar-refractivity contribution in [1.82, 2.24) is 0 Å². The highest BCUT2D eigenvalue weighted by molar-refractivity contribution is 7.20. The fourth-order valence-electron chi connectivity index (χ4n) is 5.86. The molecule has 0 N–H and O–H groups in total. The van der Waals surface area contributed by atoms with Gasteiger partial charge >= 0.3 is 0 Å². The van der Waals surface area contributed by atoms with Crippen molar-refractivity contribution in [3.05, 3.63) is 153 Å². The molecule has 0 amide bonds. The highest BCUT2D eigenvalue weighted by Crippen LogP contribution is 2.61. The molecule has 1 aromatic heterocycles. The molecule has 5 aromatic rings. The lowest BCUT2D eigenvalue weighted by atomic mass is 9.92. The predicted octanol–water partition coefficient (Wildman–Crippen LogP) is 9.73. The number of fused-ring (bicyclic) bond motifs is 7. The number of nitrogens with zero attached hydrogens (tertiary/aromatic N) is 4. The largest absolute Gasteiger partial charge is 0.270 e. The molecule has 2 aliphatic carbocycles. The van der Waals surface area contributed by atoms with Crippen molar-refractivity contribution in [3.63, 3.8) is 0 Å². The summed E-state index contributed by atoms with van der Waals surface area (Å²) in [6, 6.07) is 27.9. The van der Waals surface area contributed by atoms with Gasteiger partial charge in [0.2, 0.25) is 0 Å². The van der Waals surface area contributed by atoms with Crippen LogP contribution in [0.4, 0.5) is 8.78 Å². The maximum atomic E-state index is 13.6. The summed E-state index contributed by atoms with van der Waals surface area (Å²) in [4.78, 5) is 8.86. The maximum Gasteiger partial charge on any atom is 0.270 e. The normalized spacial score (nSPS) is 14.3.